The van der Waals surface area contributed by atoms with Crippen molar-refractivity contribution in [3.05, 3.63) is 54.4 Å². The number of rotatable bonds is 8. The number of pyridine rings is 1. The molecule has 2 nitrogen and oxygen atoms in total. The number of hydrogen-bond donors (Lipinski definition) is 0. The van der Waals surface area contributed by atoms with E-state index >= 15 is 4.39 Å². The summed E-state index contributed by atoms with van der Waals surface area (Å²) in [5, 5.41) is 0. The molecule has 0 aromatic carbocycles. The zero-order valence-corrected chi connectivity index (χ0v) is 19.3. The molecule has 4 heteroatoms. The molecule has 0 fully saturated rings. The summed E-state index contributed by atoms with van der Waals surface area (Å²) in [6.07, 6.45) is 10.7. The second-order valence-corrected chi connectivity index (χ2v) is 9.13. The quantitative estimate of drug-likeness (QED) is 0.255. The second kappa shape index (κ2) is 8.64. The monoisotopic (exact) mass is 415 g/mol. The maximum atomic E-state index is 15.2. The fourth-order valence-electron chi connectivity index (χ4n) is 5.75. The van der Waals surface area contributed by atoms with Crippen LogP contribution < -0.4 is 9.47 Å². The summed E-state index contributed by atoms with van der Waals surface area (Å²) in [6, 6.07) is 4.09. The summed E-state index contributed by atoms with van der Waals surface area (Å²) in [5.74, 6) is -1.01. The second-order valence-electron chi connectivity index (χ2n) is 9.13. The van der Waals surface area contributed by atoms with E-state index < -0.39 is 11.4 Å². The minimum atomic E-state index is -0.435. The molecule has 0 saturated heterocycles. The maximum absolute atomic E-state index is 15.2. The Morgan fingerprint density at radius 3 is 2.53 bits per heavy atom. The minimum absolute atomic E-state index is 0.210. The Bertz CT molecular complexity index is 872. The van der Waals surface area contributed by atoms with Gasteiger partial charge in [-0.05, 0) is 25.0 Å². The lowest BCUT2D eigenvalue weighted by atomic mass is 9.54. The first-order chi connectivity index (χ1) is 14.3. The van der Waals surface area contributed by atoms with Crippen molar-refractivity contribution in [2.75, 3.05) is 18.5 Å². The molecular weight excluding hydrogens is 378 g/mol. The van der Waals surface area contributed by atoms with Crippen molar-refractivity contribution in [3.63, 3.8) is 0 Å². The van der Waals surface area contributed by atoms with Gasteiger partial charge in [0.15, 0.2) is 11.7 Å². The van der Waals surface area contributed by atoms with Crippen molar-refractivity contribution >= 4 is 11.3 Å². The largest absolute Gasteiger partial charge is 0.370 e. The molecule has 3 rings (SSSR count). The average Bonchev–Trinajstić information content (AvgIpc) is 2.74. The van der Waals surface area contributed by atoms with E-state index in [0.717, 1.165) is 43.3 Å². The fourth-order valence-corrected chi connectivity index (χ4v) is 5.75. The number of anilines is 1. The molecule has 3 unspecified atom stereocenters. The first-order valence-electron chi connectivity index (χ1n) is 11.5. The van der Waals surface area contributed by atoms with E-state index in [1.165, 1.54) is 12.8 Å². The van der Waals surface area contributed by atoms with Gasteiger partial charge in [0, 0.05) is 49.9 Å². The molecule has 1 aliphatic carbocycles. The van der Waals surface area contributed by atoms with Gasteiger partial charge in [0.25, 0.3) is 0 Å². The Kier molecular flexibility index (Phi) is 6.54. The molecule has 1 aromatic heterocycles. The highest BCUT2D eigenvalue weighted by molar-refractivity contribution is 5.71. The SMILES string of the molecule is C=CC1(CC)[n+]2cc(N(C)CCCCC)ccc2C2=C(F)C=C(F)CC2C1(C)CC. The predicted molar refractivity (Wildman–Crippen MR) is 122 cm³/mol. The molecule has 164 valence electrons. The highest BCUT2D eigenvalue weighted by atomic mass is 19.1. The van der Waals surface area contributed by atoms with Crippen molar-refractivity contribution < 1.29 is 13.3 Å². The van der Waals surface area contributed by atoms with Crippen LogP contribution in [0.15, 0.2) is 48.7 Å². The summed E-state index contributed by atoms with van der Waals surface area (Å²) >= 11 is 0. The highest BCUT2D eigenvalue weighted by Crippen LogP contribution is 2.58. The van der Waals surface area contributed by atoms with Gasteiger partial charge in [-0.15, -0.1) is 0 Å². The number of hydrogen-bond acceptors (Lipinski definition) is 1. The third-order valence-electron chi connectivity index (χ3n) is 7.83. The summed E-state index contributed by atoms with van der Waals surface area (Å²) in [6.45, 7) is 13.9. The lowest BCUT2D eigenvalue weighted by Crippen LogP contribution is -2.70. The smallest absolute Gasteiger partial charge is 0.212 e. The molecule has 3 atom stereocenters. The molecule has 0 saturated carbocycles. The van der Waals surface area contributed by atoms with Gasteiger partial charge in [-0.1, -0.05) is 47.1 Å². The van der Waals surface area contributed by atoms with Gasteiger partial charge in [-0.25, -0.2) is 8.78 Å². The van der Waals surface area contributed by atoms with Gasteiger partial charge in [0.2, 0.25) is 5.69 Å². The number of aromatic nitrogens is 1. The number of fused-ring (bicyclic) bond motifs is 3. The lowest BCUT2D eigenvalue weighted by molar-refractivity contribution is -0.776. The van der Waals surface area contributed by atoms with E-state index in [4.69, 9.17) is 0 Å². The Hall–Kier alpha value is -1.97. The molecule has 0 bridgehead atoms. The zero-order valence-electron chi connectivity index (χ0n) is 19.3. The van der Waals surface area contributed by atoms with Crippen molar-refractivity contribution in [1.29, 1.82) is 0 Å². The van der Waals surface area contributed by atoms with Gasteiger partial charge in [0.1, 0.15) is 17.3 Å². The van der Waals surface area contributed by atoms with Crippen LogP contribution in [0.5, 0.6) is 0 Å². The number of unbranched alkanes of at least 4 members (excludes halogenated alkanes) is 2. The predicted octanol–water partition coefficient (Wildman–Crippen LogP) is 6.88. The Morgan fingerprint density at radius 1 is 1.20 bits per heavy atom. The van der Waals surface area contributed by atoms with E-state index in [-0.39, 0.29) is 23.6 Å². The molecule has 0 N–H and O–H groups in total. The molecule has 0 radical (unpaired) electrons. The molecule has 0 amide bonds. The Balaban J connectivity index is 2.23. The van der Waals surface area contributed by atoms with Crippen molar-refractivity contribution in [2.24, 2.45) is 11.3 Å². The van der Waals surface area contributed by atoms with Crippen molar-refractivity contribution in [2.45, 2.75) is 71.8 Å². The minimum Gasteiger partial charge on any atom is -0.370 e. The number of allylic oxidation sites excluding steroid dienone is 5. The number of halogens is 2. The normalized spacial score (nSPS) is 28.0. The topological polar surface area (TPSA) is 7.12 Å². The van der Waals surface area contributed by atoms with Gasteiger partial charge in [-0.3, -0.25) is 0 Å². The third-order valence-corrected chi connectivity index (χ3v) is 7.83. The van der Waals surface area contributed by atoms with E-state index in [1.807, 2.05) is 12.1 Å². The molecule has 2 heterocycles. The highest BCUT2D eigenvalue weighted by Gasteiger charge is 2.62. The third kappa shape index (κ3) is 3.33. The van der Waals surface area contributed by atoms with Gasteiger partial charge in [0.05, 0.1) is 5.57 Å². The molecule has 30 heavy (non-hydrogen) atoms. The zero-order chi connectivity index (χ0) is 22.1. The molecule has 2 aliphatic rings. The van der Waals surface area contributed by atoms with E-state index in [0.29, 0.717) is 5.57 Å². The van der Waals surface area contributed by atoms with Gasteiger partial charge < -0.3 is 4.90 Å². The summed E-state index contributed by atoms with van der Waals surface area (Å²) in [5.41, 5.74) is 1.85. The maximum Gasteiger partial charge on any atom is 0.212 e. The van der Waals surface area contributed by atoms with Crippen LogP contribution >= 0.6 is 0 Å². The summed E-state index contributed by atoms with van der Waals surface area (Å²) < 4.78 is 31.8. The number of nitrogens with zero attached hydrogens (tertiary/aromatic N) is 2. The Morgan fingerprint density at radius 2 is 1.93 bits per heavy atom. The summed E-state index contributed by atoms with van der Waals surface area (Å²) in [7, 11) is 2.11. The van der Waals surface area contributed by atoms with Crippen LogP contribution in [0.2, 0.25) is 0 Å². The van der Waals surface area contributed by atoms with Crippen molar-refractivity contribution in [1.82, 2.24) is 0 Å². The van der Waals surface area contributed by atoms with Gasteiger partial charge in [-0.2, -0.15) is 4.57 Å². The first-order valence-corrected chi connectivity index (χ1v) is 11.5. The van der Waals surface area contributed by atoms with Crippen LogP contribution in [0, 0.1) is 11.3 Å². The van der Waals surface area contributed by atoms with E-state index in [2.05, 4.69) is 63.1 Å². The lowest BCUT2D eigenvalue weighted by Gasteiger charge is -2.51. The molecule has 1 aliphatic heterocycles. The van der Waals surface area contributed by atoms with Crippen LogP contribution in [0.25, 0.3) is 5.57 Å². The van der Waals surface area contributed by atoms with Crippen LogP contribution in [0.3, 0.4) is 0 Å². The van der Waals surface area contributed by atoms with Crippen molar-refractivity contribution in [3.8, 4) is 0 Å². The average molecular weight is 416 g/mol. The van der Waals surface area contributed by atoms with E-state index in [1.54, 1.807) is 0 Å². The standard InChI is InChI=1S/C26H37F2N2/c1-7-11-12-15-29(6)20-13-14-23-24-21(16-19(27)17-22(24)28)25(5,8-2)26(9-3,10-4)30(23)18-20/h9,13-14,17-18,21H,3,7-8,10-12,15-16H2,1-2,4-6H3/q+1. The molecule has 1 aromatic rings. The van der Waals surface area contributed by atoms with Crippen LogP contribution in [-0.4, -0.2) is 13.6 Å². The van der Waals surface area contributed by atoms with Crippen LogP contribution in [-0.2, 0) is 5.54 Å². The Labute approximate surface area is 181 Å². The van der Waals surface area contributed by atoms with Crippen LogP contribution in [0.4, 0.5) is 14.5 Å². The van der Waals surface area contributed by atoms with E-state index in [9.17, 15) is 4.39 Å². The first kappa shape index (κ1) is 22.7. The summed E-state index contributed by atoms with van der Waals surface area (Å²) in [4.78, 5) is 2.27. The van der Waals surface area contributed by atoms with Crippen LogP contribution in [0.1, 0.15) is 71.9 Å². The molecule has 0 spiro atoms. The molecular formula is C26H37F2N2+. The van der Waals surface area contributed by atoms with Gasteiger partial charge >= 0.3 is 0 Å². The fraction of sp³-hybridized carbons (Fsp3) is 0.577.